The van der Waals surface area contributed by atoms with Crippen LogP contribution in [0.2, 0.25) is 0 Å². The standard InChI is InChI=1S/C13H13F3O4/c14-13(15,16)12(20-7-9-6-19-9)8-1-2-10-11(5-8)18-4-3-17-10/h1-2,5,9,12H,3-4,6-7H2/t9-,12-/m1/s1. The molecule has 0 amide bonds. The van der Waals surface area contributed by atoms with Gasteiger partial charge in [0.05, 0.1) is 13.2 Å². The molecule has 3 rings (SSSR count). The van der Waals surface area contributed by atoms with Gasteiger partial charge in [-0.3, -0.25) is 0 Å². The Kier molecular flexibility index (Phi) is 3.47. The van der Waals surface area contributed by atoms with Crippen molar-refractivity contribution in [1.29, 1.82) is 0 Å². The van der Waals surface area contributed by atoms with E-state index in [9.17, 15) is 13.2 Å². The van der Waals surface area contributed by atoms with Gasteiger partial charge in [-0.15, -0.1) is 0 Å². The molecule has 2 atom stereocenters. The fraction of sp³-hybridized carbons (Fsp3) is 0.538. The van der Waals surface area contributed by atoms with Gasteiger partial charge < -0.3 is 18.9 Å². The molecule has 110 valence electrons. The number of halogens is 3. The maximum Gasteiger partial charge on any atom is 0.418 e. The molecule has 7 heteroatoms. The molecule has 0 aromatic heterocycles. The van der Waals surface area contributed by atoms with Crippen LogP contribution in [-0.4, -0.2) is 38.7 Å². The molecule has 2 aliphatic heterocycles. The summed E-state index contributed by atoms with van der Waals surface area (Å²) >= 11 is 0. The molecule has 0 radical (unpaired) electrons. The van der Waals surface area contributed by atoms with E-state index in [1.807, 2.05) is 0 Å². The highest BCUT2D eigenvalue weighted by atomic mass is 19.4. The Morgan fingerprint density at radius 3 is 2.55 bits per heavy atom. The third-order valence-electron chi connectivity index (χ3n) is 3.02. The minimum Gasteiger partial charge on any atom is -0.486 e. The minimum atomic E-state index is -4.49. The lowest BCUT2D eigenvalue weighted by Gasteiger charge is -2.23. The van der Waals surface area contributed by atoms with Gasteiger partial charge in [-0.2, -0.15) is 13.2 Å². The topological polar surface area (TPSA) is 40.2 Å². The number of alkyl halides is 3. The summed E-state index contributed by atoms with van der Waals surface area (Å²) in [6.45, 7) is 1.10. The Hall–Kier alpha value is -1.47. The van der Waals surface area contributed by atoms with Crippen LogP contribution >= 0.6 is 0 Å². The summed E-state index contributed by atoms with van der Waals surface area (Å²) in [7, 11) is 0. The van der Waals surface area contributed by atoms with Crippen molar-refractivity contribution in [3.8, 4) is 11.5 Å². The smallest absolute Gasteiger partial charge is 0.418 e. The summed E-state index contributed by atoms with van der Waals surface area (Å²) in [5, 5.41) is 0. The first-order chi connectivity index (χ1) is 9.54. The molecule has 0 aliphatic carbocycles. The maximum atomic E-state index is 13.1. The summed E-state index contributed by atoms with van der Waals surface area (Å²) in [4.78, 5) is 0. The molecule has 0 saturated carbocycles. The lowest BCUT2D eigenvalue weighted by molar-refractivity contribution is -0.224. The van der Waals surface area contributed by atoms with Crippen molar-refractivity contribution >= 4 is 0 Å². The Balaban J connectivity index is 1.81. The highest BCUT2D eigenvalue weighted by Gasteiger charge is 2.43. The first-order valence-corrected chi connectivity index (χ1v) is 6.23. The van der Waals surface area contributed by atoms with Crippen LogP contribution < -0.4 is 9.47 Å². The van der Waals surface area contributed by atoms with E-state index in [1.165, 1.54) is 18.2 Å². The van der Waals surface area contributed by atoms with Gasteiger partial charge in [0, 0.05) is 0 Å². The van der Waals surface area contributed by atoms with E-state index in [1.54, 1.807) is 0 Å². The molecule has 1 fully saturated rings. The van der Waals surface area contributed by atoms with Gasteiger partial charge in [0.2, 0.25) is 0 Å². The average molecular weight is 290 g/mol. The SMILES string of the molecule is FC(F)(F)[C@H](OC[C@H]1CO1)c1ccc2c(c1)OCCO2. The van der Waals surface area contributed by atoms with Gasteiger partial charge in [0.15, 0.2) is 17.6 Å². The molecule has 20 heavy (non-hydrogen) atoms. The van der Waals surface area contributed by atoms with E-state index in [2.05, 4.69) is 0 Å². The van der Waals surface area contributed by atoms with Crippen molar-refractivity contribution in [2.45, 2.75) is 18.4 Å². The summed E-state index contributed by atoms with van der Waals surface area (Å²) in [6.07, 6.45) is -6.70. The summed E-state index contributed by atoms with van der Waals surface area (Å²) < 4.78 is 59.6. The molecule has 2 heterocycles. The largest absolute Gasteiger partial charge is 0.486 e. The van der Waals surface area contributed by atoms with E-state index in [-0.39, 0.29) is 18.3 Å². The zero-order valence-electron chi connectivity index (χ0n) is 10.5. The summed E-state index contributed by atoms with van der Waals surface area (Å²) in [6, 6.07) is 4.14. The number of benzene rings is 1. The molecule has 1 saturated heterocycles. The number of hydrogen-bond donors (Lipinski definition) is 0. The molecule has 2 aliphatic rings. The maximum absolute atomic E-state index is 13.1. The van der Waals surface area contributed by atoms with E-state index in [4.69, 9.17) is 18.9 Å². The monoisotopic (exact) mass is 290 g/mol. The lowest BCUT2D eigenvalue weighted by Crippen LogP contribution is -2.25. The van der Waals surface area contributed by atoms with E-state index in [0.29, 0.717) is 31.3 Å². The fourth-order valence-electron chi connectivity index (χ4n) is 1.97. The van der Waals surface area contributed by atoms with Crippen LogP contribution in [0.3, 0.4) is 0 Å². The van der Waals surface area contributed by atoms with E-state index < -0.39 is 12.3 Å². The Morgan fingerprint density at radius 1 is 1.20 bits per heavy atom. The van der Waals surface area contributed by atoms with Gasteiger partial charge in [0.25, 0.3) is 0 Å². The molecule has 0 bridgehead atoms. The first kappa shape index (κ1) is 13.5. The Morgan fingerprint density at radius 2 is 1.90 bits per heavy atom. The van der Waals surface area contributed by atoms with Crippen molar-refractivity contribution in [2.24, 2.45) is 0 Å². The third-order valence-corrected chi connectivity index (χ3v) is 3.02. The van der Waals surface area contributed by atoms with Crippen LogP contribution in [0, 0.1) is 0 Å². The van der Waals surface area contributed by atoms with Crippen molar-refractivity contribution in [3.05, 3.63) is 23.8 Å². The Labute approximate surface area is 113 Å². The number of epoxide rings is 1. The van der Waals surface area contributed by atoms with E-state index >= 15 is 0 Å². The zero-order chi connectivity index (χ0) is 14.2. The van der Waals surface area contributed by atoms with Crippen molar-refractivity contribution < 1.29 is 32.1 Å². The second kappa shape index (κ2) is 5.14. The van der Waals surface area contributed by atoms with Crippen molar-refractivity contribution in [3.63, 3.8) is 0 Å². The van der Waals surface area contributed by atoms with Crippen LogP contribution in [-0.2, 0) is 9.47 Å². The number of fused-ring (bicyclic) bond motifs is 1. The number of ether oxygens (including phenoxy) is 4. The van der Waals surface area contributed by atoms with Gasteiger partial charge in [0.1, 0.15) is 19.3 Å². The van der Waals surface area contributed by atoms with Gasteiger partial charge >= 0.3 is 6.18 Å². The average Bonchev–Trinajstić information content (AvgIpc) is 3.21. The summed E-state index contributed by atoms with van der Waals surface area (Å²) in [5.74, 6) is 0.765. The molecule has 4 nitrogen and oxygen atoms in total. The highest BCUT2D eigenvalue weighted by molar-refractivity contribution is 5.44. The quantitative estimate of drug-likeness (QED) is 0.799. The molecule has 0 spiro atoms. The Bertz CT molecular complexity index is 485. The van der Waals surface area contributed by atoms with Gasteiger partial charge in [-0.25, -0.2) is 0 Å². The predicted molar refractivity (Wildman–Crippen MR) is 61.9 cm³/mol. The summed E-state index contributed by atoms with van der Waals surface area (Å²) in [5.41, 5.74) is 0.00222. The lowest BCUT2D eigenvalue weighted by atomic mass is 10.1. The minimum absolute atomic E-state index is 0.00222. The van der Waals surface area contributed by atoms with Crippen molar-refractivity contribution in [1.82, 2.24) is 0 Å². The number of hydrogen-bond acceptors (Lipinski definition) is 4. The molecular formula is C13H13F3O4. The second-order valence-electron chi connectivity index (χ2n) is 4.61. The molecule has 0 unspecified atom stereocenters. The molecule has 0 N–H and O–H groups in total. The normalized spacial score (nSPS) is 22.4. The van der Waals surface area contributed by atoms with Crippen LogP contribution in [0.1, 0.15) is 11.7 Å². The first-order valence-electron chi connectivity index (χ1n) is 6.23. The zero-order valence-corrected chi connectivity index (χ0v) is 10.5. The van der Waals surface area contributed by atoms with Crippen LogP contribution in [0.4, 0.5) is 13.2 Å². The van der Waals surface area contributed by atoms with Crippen LogP contribution in [0.5, 0.6) is 11.5 Å². The van der Waals surface area contributed by atoms with Crippen LogP contribution in [0.15, 0.2) is 18.2 Å². The second-order valence-corrected chi connectivity index (χ2v) is 4.61. The third kappa shape index (κ3) is 2.99. The van der Waals surface area contributed by atoms with Gasteiger partial charge in [-0.1, -0.05) is 6.07 Å². The van der Waals surface area contributed by atoms with E-state index in [0.717, 1.165) is 0 Å². The molecular weight excluding hydrogens is 277 g/mol. The van der Waals surface area contributed by atoms with Crippen LogP contribution in [0.25, 0.3) is 0 Å². The number of rotatable bonds is 4. The fourth-order valence-corrected chi connectivity index (χ4v) is 1.97. The molecule has 1 aromatic carbocycles. The molecule has 1 aromatic rings. The predicted octanol–water partition coefficient (Wildman–Crippen LogP) is 2.48. The van der Waals surface area contributed by atoms with Crippen molar-refractivity contribution in [2.75, 3.05) is 26.4 Å². The highest BCUT2D eigenvalue weighted by Crippen LogP contribution is 2.40. The van der Waals surface area contributed by atoms with Gasteiger partial charge in [-0.05, 0) is 17.7 Å².